The number of carbonyl (C=O) groups is 1. The highest BCUT2D eigenvalue weighted by atomic mass is 35.5. The minimum absolute atomic E-state index is 0. The Kier molecular flexibility index (Phi) is 8.03. The van der Waals surface area contributed by atoms with Crippen LogP contribution in [0, 0.1) is 5.41 Å². The van der Waals surface area contributed by atoms with Crippen molar-refractivity contribution in [3.63, 3.8) is 0 Å². The molecule has 1 aromatic rings. The summed E-state index contributed by atoms with van der Waals surface area (Å²) in [6.45, 7) is 4.08. The van der Waals surface area contributed by atoms with Gasteiger partial charge in [-0.25, -0.2) is 13.1 Å². The molecular formula is C14H24ClN3O3S. The number of rotatable bonds is 7. The van der Waals surface area contributed by atoms with Crippen molar-refractivity contribution in [1.29, 1.82) is 0 Å². The Bertz CT molecular complexity index is 593. The molecule has 0 saturated heterocycles. The molecule has 0 radical (unpaired) electrons. The summed E-state index contributed by atoms with van der Waals surface area (Å²) in [7, 11) is -2.19. The Hall–Kier alpha value is -1.15. The third-order valence-electron chi connectivity index (χ3n) is 3.90. The predicted molar refractivity (Wildman–Crippen MR) is 90.6 cm³/mol. The Morgan fingerprint density at radius 2 is 1.86 bits per heavy atom. The molecule has 4 N–H and O–H groups in total. The fourth-order valence-electron chi connectivity index (χ4n) is 2.08. The van der Waals surface area contributed by atoms with Gasteiger partial charge in [-0.1, -0.05) is 19.9 Å². The van der Waals surface area contributed by atoms with E-state index < -0.39 is 15.4 Å². The molecule has 0 aliphatic heterocycles. The Balaban J connectivity index is 0.00000441. The predicted octanol–water partition coefficient (Wildman–Crippen LogP) is 1.72. The van der Waals surface area contributed by atoms with E-state index >= 15 is 0 Å². The monoisotopic (exact) mass is 349 g/mol. The minimum Gasteiger partial charge on any atom is -0.329 e. The lowest BCUT2D eigenvalue weighted by molar-refractivity contribution is -0.125. The van der Waals surface area contributed by atoms with E-state index in [9.17, 15) is 13.2 Å². The van der Waals surface area contributed by atoms with Crippen LogP contribution in [-0.2, 0) is 14.8 Å². The summed E-state index contributed by atoms with van der Waals surface area (Å²) >= 11 is 0. The van der Waals surface area contributed by atoms with Gasteiger partial charge in [0.05, 0.1) is 10.3 Å². The molecule has 0 unspecified atom stereocenters. The van der Waals surface area contributed by atoms with Crippen LogP contribution >= 0.6 is 12.4 Å². The van der Waals surface area contributed by atoms with Crippen molar-refractivity contribution in [2.75, 3.05) is 18.9 Å². The van der Waals surface area contributed by atoms with Crippen molar-refractivity contribution in [1.82, 2.24) is 4.72 Å². The van der Waals surface area contributed by atoms with Crippen molar-refractivity contribution in [2.45, 2.75) is 31.6 Å². The van der Waals surface area contributed by atoms with Gasteiger partial charge in [0.15, 0.2) is 0 Å². The molecule has 1 rings (SSSR count). The second kappa shape index (κ2) is 8.47. The summed E-state index contributed by atoms with van der Waals surface area (Å²) in [5.41, 5.74) is 5.55. The number of carbonyl (C=O) groups excluding carboxylic acids is 1. The summed E-state index contributed by atoms with van der Waals surface area (Å²) in [5, 5.41) is 2.76. The van der Waals surface area contributed by atoms with Crippen LogP contribution < -0.4 is 15.8 Å². The van der Waals surface area contributed by atoms with Gasteiger partial charge in [0, 0.05) is 12.2 Å². The number of hydrogen-bond acceptors (Lipinski definition) is 4. The van der Waals surface area contributed by atoms with Crippen molar-refractivity contribution < 1.29 is 13.2 Å². The Morgan fingerprint density at radius 3 is 2.32 bits per heavy atom. The van der Waals surface area contributed by atoms with Crippen LogP contribution in [0.15, 0.2) is 29.2 Å². The molecule has 1 aromatic carbocycles. The zero-order chi connectivity index (χ0) is 16.1. The molecular weight excluding hydrogens is 326 g/mol. The van der Waals surface area contributed by atoms with Gasteiger partial charge >= 0.3 is 0 Å². The lowest BCUT2D eigenvalue weighted by Crippen LogP contribution is -2.41. The van der Waals surface area contributed by atoms with Crippen LogP contribution in [0.5, 0.6) is 0 Å². The zero-order valence-electron chi connectivity index (χ0n) is 13.0. The van der Waals surface area contributed by atoms with E-state index in [1.165, 1.54) is 19.2 Å². The molecule has 0 fully saturated rings. The van der Waals surface area contributed by atoms with Gasteiger partial charge < -0.3 is 11.1 Å². The first-order chi connectivity index (χ1) is 9.85. The second-order valence-electron chi connectivity index (χ2n) is 4.88. The van der Waals surface area contributed by atoms with Gasteiger partial charge in [-0.3, -0.25) is 4.79 Å². The van der Waals surface area contributed by atoms with Gasteiger partial charge in [0.2, 0.25) is 15.9 Å². The van der Waals surface area contributed by atoms with Crippen LogP contribution in [-0.4, -0.2) is 27.9 Å². The van der Waals surface area contributed by atoms with Crippen molar-refractivity contribution in [2.24, 2.45) is 11.1 Å². The largest absolute Gasteiger partial charge is 0.329 e. The highest BCUT2D eigenvalue weighted by molar-refractivity contribution is 7.89. The molecule has 8 heteroatoms. The van der Waals surface area contributed by atoms with Crippen LogP contribution in [0.25, 0.3) is 0 Å². The van der Waals surface area contributed by atoms with Crippen molar-refractivity contribution >= 4 is 34.0 Å². The molecule has 0 saturated carbocycles. The third-order valence-corrected chi connectivity index (χ3v) is 5.31. The fraction of sp³-hybridized carbons (Fsp3) is 0.500. The Labute approximate surface area is 138 Å². The first-order valence-electron chi connectivity index (χ1n) is 6.90. The van der Waals surface area contributed by atoms with Gasteiger partial charge in [-0.2, -0.15) is 0 Å². The normalized spacial score (nSPS) is 11.6. The first-order valence-corrected chi connectivity index (χ1v) is 8.38. The molecule has 22 heavy (non-hydrogen) atoms. The Morgan fingerprint density at radius 1 is 1.27 bits per heavy atom. The van der Waals surface area contributed by atoms with Gasteiger partial charge in [-0.15, -0.1) is 12.4 Å². The number of anilines is 1. The number of benzene rings is 1. The van der Waals surface area contributed by atoms with Gasteiger partial charge in [-0.05, 0) is 38.1 Å². The lowest BCUT2D eigenvalue weighted by Gasteiger charge is -2.28. The van der Waals surface area contributed by atoms with E-state index in [-0.39, 0.29) is 29.8 Å². The summed E-state index contributed by atoms with van der Waals surface area (Å²) in [5.74, 6) is -0.186. The number of hydrogen-bond donors (Lipinski definition) is 3. The first kappa shape index (κ1) is 20.9. The van der Waals surface area contributed by atoms with E-state index in [1.807, 2.05) is 13.8 Å². The van der Waals surface area contributed by atoms with Crippen molar-refractivity contribution in [3.8, 4) is 0 Å². The molecule has 0 aromatic heterocycles. The molecule has 0 heterocycles. The van der Waals surface area contributed by atoms with Gasteiger partial charge in [0.25, 0.3) is 0 Å². The van der Waals surface area contributed by atoms with Gasteiger partial charge in [0.1, 0.15) is 0 Å². The van der Waals surface area contributed by atoms with E-state index in [1.54, 1.807) is 12.1 Å². The second-order valence-corrected chi connectivity index (χ2v) is 6.77. The smallest absolute Gasteiger partial charge is 0.240 e. The van der Waals surface area contributed by atoms with Crippen LogP contribution in [0.2, 0.25) is 0 Å². The number of halogens is 1. The maximum atomic E-state index is 12.4. The zero-order valence-corrected chi connectivity index (χ0v) is 14.7. The summed E-state index contributed by atoms with van der Waals surface area (Å²) < 4.78 is 25.8. The summed E-state index contributed by atoms with van der Waals surface area (Å²) in [4.78, 5) is 12.5. The third kappa shape index (κ3) is 4.42. The average Bonchev–Trinajstić information content (AvgIpc) is 2.50. The van der Waals surface area contributed by atoms with Crippen LogP contribution in [0.4, 0.5) is 5.69 Å². The van der Waals surface area contributed by atoms with E-state index in [0.717, 1.165) is 0 Å². The summed E-state index contributed by atoms with van der Waals surface area (Å²) in [6, 6.07) is 6.13. The molecule has 6 nitrogen and oxygen atoms in total. The molecule has 126 valence electrons. The minimum atomic E-state index is -3.53. The number of amides is 1. The molecule has 0 aliphatic rings. The molecule has 0 aliphatic carbocycles. The highest BCUT2D eigenvalue weighted by Crippen LogP contribution is 2.27. The lowest BCUT2D eigenvalue weighted by atomic mass is 9.81. The highest BCUT2D eigenvalue weighted by Gasteiger charge is 2.33. The number of sulfonamides is 1. The molecule has 0 atom stereocenters. The molecule has 1 amide bonds. The fourth-order valence-corrected chi connectivity index (χ4v) is 2.85. The van der Waals surface area contributed by atoms with Crippen LogP contribution in [0.3, 0.4) is 0 Å². The van der Waals surface area contributed by atoms with E-state index in [2.05, 4.69) is 10.0 Å². The van der Waals surface area contributed by atoms with E-state index in [4.69, 9.17) is 5.73 Å². The quantitative estimate of drug-likeness (QED) is 0.697. The topological polar surface area (TPSA) is 101 Å². The van der Waals surface area contributed by atoms with E-state index in [0.29, 0.717) is 18.5 Å². The molecule has 0 bridgehead atoms. The SMILES string of the molecule is CCC(CC)(CN)C(=O)Nc1cccc(S(=O)(=O)NC)c1.Cl. The number of nitrogens with two attached hydrogens (primary N) is 1. The summed E-state index contributed by atoms with van der Waals surface area (Å²) in [6.07, 6.45) is 1.25. The maximum absolute atomic E-state index is 12.4. The standard InChI is InChI=1S/C14H23N3O3S.ClH/c1-4-14(5-2,10-15)13(18)17-11-7-6-8-12(9-11)21(19,20)16-3;/h6-9,16H,4-5,10,15H2,1-3H3,(H,17,18);1H. The molecule has 0 spiro atoms. The maximum Gasteiger partial charge on any atom is 0.240 e. The average molecular weight is 350 g/mol. The van der Waals surface area contributed by atoms with Crippen LogP contribution in [0.1, 0.15) is 26.7 Å². The number of nitrogens with one attached hydrogen (secondary N) is 2. The van der Waals surface area contributed by atoms with Crippen molar-refractivity contribution in [3.05, 3.63) is 24.3 Å².